The molecular weight excluding hydrogens is 174 g/mol. The van der Waals surface area contributed by atoms with E-state index in [0.29, 0.717) is 13.2 Å². The van der Waals surface area contributed by atoms with Crippen molar-refractivity contribution in [2.45, 2.75) is 32.6 Å². The van der Waals surface area contributed by atoms with Gasteiger partial charge in [-0.05, 0) is 23.0 Å². The quantitative estimate of drug-likeness (QED) is 0.313. The topological polar surface area (TPSA) is 60.0 Å². The third-order valence-corrected chi connectivity index (χ3v) is 1.65. The normalized spacial score (nSPS) is 10.6. The zero-order valence-electron chi connectivity index (χ0n) is 8.12. The molecule has 0 aliphatic heterocycles. The summed E-state index contributed by atoms with van der Waals surface area (Å²) in [7, 11) is 0. The van der Waals surface area contributed by atoms with Crippen molar-refractivity contribution < 1.29 is 20.2 Å². The first kappa shape index (κ1) is 12.8. The van der Waals surface area contributed by atoms with Crippen LogP contribution >= 0.6 is 0 Å². The molecule has 0 bridgehead atoms. The SMILES string of the molecule is CCCCCCNCCOOOO. The standard InChI is InChI=1S/C8H19NO4/c1-2-3-4-5-6-9-7-8-11-13-12-10/h9-10H,2-8H2,1H3. The molecule has 13 heavy (non-hydrogen) atoms. The summed E-state index contributed by atoms with van der Waals surface area (Å²) in [6.45, 7) is 4.22. The zero-order valence-corrected chi connectivity index (χ0v) is 8.12. The molecule has 0 saturated heterocycles. The van der Waals surface area contributed by atoms with Crippen LogP contribution in [0.25, 0.3) is 0 Å². The minimum absolute atomic E-state index is 0.355. The lowest BCUT2D eigenvalue weighted by atomic mass is 10.2. The van der Waals surface area contributed by atoms with E-state index in [2.05, 4.69) is 27.2 Å². The summed E-state index contributed by atoms with van der Waals surface area (Å²) in [4.78, 5) is 4.38. The molecule has 0 aromatic carbocycles. The van der Waals surface area contributed by atoms with E-state index in [1.54, 1.807) is 0 Å². The molecule has 0 atom stereocenters. The van der Waals surface area contributed by atoms with Crippen LogP contribution in [0.2, 0.25) is 0 Å². The summed E-state index contributed by atoms with van der Waals surface area (Å²) in [6.07, 6.45) is 5.00. The van der Waals surface area contributed by atoms with Gasteiger partial charge in [-0.25, -0.2) is 10.1 Å². The Morgan fingerprint density at radius 2 is 2.00 bits per heavy atom. The second kappa shape index (κ2) is 11.8. The van der Waals surface area contributed by atoms with Gasteiger partial charge >= 0.3 is 0 Å². The van der Waals surface area contributed by atoms with Crippen molar-refractivity contribution in [3.63, 3.8) is 0 Å². The highest BCUT2D eigenvalue weighted by molar-refractivity contribution is 4.46. The van der Waals surface area contributed by atoms with Gasteiger partial charge in [0.25, 0.3) is 0 Å². The van der Waals surface area contributed by atoms with E-state index in [0.717, 1.165) is 6.54 Å². The Morgan fingerprint density at radius 1 is 1.15 bits per heavy atom. The van der Waals surface area contributed by atoms with Gasteiger partial charge in [0.05, 0.1) is 6.61 Å². The van der Waals surface area contributed by atoms with Crippen molar-refractivity contribution in [1.29, 1.82) is 0 Å². The lowest BCUT2D eigenvalue weighted by Gasteiger charge is -2.02. The molecule has 80 valence electrons. The Balaban J connectivity index is 2.76. The highest BCUT2D eigenvalue weighted by Gasteiger charge is 1.90. The predicted molar refractivity (Wildman–Crippen MR) is 47.8 cm³/mol. The summed E-state index contributed by atoms with van der Waals surface area (Å²) in [5, 5.41) is 17.9. The van der Waals surface area contributed by atoms with Crippen LogP contribution in [0.5, 0.6) is 0 Å². The van der Waals surface area contributed by atoms with Gasteiger partial charge in [0.2, 0.25) is 0 Å². The molecule has 0 rings (SSSR count). The minimum atomic E-state index is 0.355. The molecule has 0 aromatic heterocycles. The lowest BCUT2D eigenvalue weighted by molar-refractivity contribution is -0.622. The van der Waals surface area contributed by atoms with Gasteiger partial charge in [-0.15, -0.1) is 0 Å². The second-order valence-corrected chi connectivity index (χ2v) is 2.78. The van der Waals surface area contributed by atoms with Crippen molar-refractivity contribution in [2.75, 3.05) is 19.7 Å². The van der Waals surface area contributed by atoms with Gasteiger partial charge in [0.15, 0.2) is 0 Å². The molecule has 0 fully saturated rings. The number of unbranched alkanes of at least 4 members (excludes halogenated alkanes) is 3. The van der Waals surface area contributed by atoms with Crippen LogP contribution in [0.3, 0.4) is 0 Å². The van der Waals surface area contributed by atoms with E-state index in [-0.39, 0.29) is 0 Å². The van der Waals surface area contributed by atoms with Crippen LogP contribution < -0.4 is 5.32 Å². The largest absolute Gasteiger partial charge is 0.314 e. The smallest absolute Gasteiger partial charge is 0.0979 e. The van der Waals surface area contributed by atoms with Gasteiger partial charge < -0.3 is 5.32 Å². The fourth-order valence-electron chi connectivity index (χ4n) is 0.971. The average molecular weight is 193 g/mol. The van der Waals surface area contributed by atoms with Crippen LogP contribution in [0.4, 0.5) is 0 Å². The highest BCUT2D eigenvalue weighted by Crippen LogP contribution is 1.96. The maximum absolute atomic E-state index is 7.70. The first-order valence-corrected chi connectivity index (χ1v) is 4.72. The number of hydrogen-bond donors (Lipinski definition) is 2. The Labute approximate surface area is 78.8 Å². The Morgan fingerprint density at radius 3 is 2.69 bits per heavy atom. The molecule has 5 heteroatoms. The predicted octanol–water partition coefficient (Wildman–Crippen LogP) is 1.51. The van der Waals surface area contributed by atoms with Crippen molar-refractivity contribution in [3.8, 4) is 0 Å². The van der Waals surface area contributed by atoms with Gasteiger partial charge in [-0.2, -0.15) is 0 Å². The minimum Gasteiger partial charge on any atom is -0.314 e. The van der Waals surface area contributed by atoms with Crippen molar-refractivity contribution in [3.05, 3.63) is 0 Å². The van der Waals surface area contributed by atoms with Crippen LogP contribution in [-0.4, -0.2) is 25.0 Å². The van der Waals surface area contributed by atoms with E-state index >= 15 is 0 Å². The molecule has 0 aliphatic carbocycles. The van der Waals surface area contributed by atoms with Crippen LogP contribution in [0.1, 0.15) is 32.6 Å². The van der Waals surface area contributed by atoms with E-state index in [1.807, 2.05) is 0 Å². The first-order chi connectivity index (χ1) is 6.41. The Kier molecular flexibility index (Phi) is 11.6. The van der Waals surface area contributed by atoms with Gasteiger partial charge in [-0.3, -0.25) is 0 Å². The Bertz CT molecular complexity index is 82.2. The van der Waals surface area contributed by atoms with Gasteiger partial charge in [0.1, 0.15) is 0 Å². The van der Waals surface area contributed by atoms with Crippen LogP contribution in [-0.2, 0) is 15.0 Å². The van der Waals surface area contributed by atoms with Crippen molar-refractivity contribution in [1.82, 2.24) is 5.32 Å². The van der Waals surface area contributed by atoms with Gasteiger partial charge in [0, 0.05) is 6.54 Å². The van der Waals surface area contributed by atoms with Crippen LogP contribution in [0.15, 0.2) is 0 Å². The van der Waals surface area contributed by atoms with Crippen molar-refractivity contribution >= 4 is 0 Å². The molecule has 5 nitrogen and oxygen atoms in total. The summed E-state index contributed by atoms with van der Waals surface area (Å²) in [5.41, 5.74) is 0. The second-order valence-electron chi connectivity index (χ2n) is 2.78. The summed E-state index contributed by atoms with van der Waals surface area (Å²) in [6, 6.07) is 0. The van der Waals surface area contributed by atoms with E-state index < -0.39 is 0 Å². The van der Waals surface area contributed by atoms with Crippen molar-refractivity contribution in [2.24, 2.45) is 0 Å². The number of hydrogen-bond acceptors (Lipinski definition) is 5. The average Bonchev–Trinajstić information content (AvgIpc) is 2.16. The molecule has 0 aromatic rings. The maximum atomic E-state index is 7.70. The first-order valence-electron chi connectivity index (χ1n) is 4.72. The zero-order chi connectivity index (χ0) is 9.78. The third kappa shape index (κ3) is 11.8. The summed E-state index contributed by atoms with van der Waals surface area (Å²) >= 11 is 0. The summed E-state index contributed by atoms with van der Waals surface area (Å²) < 4.78 is 0. The maximum Gasteiger partial charge on any atom is 0.0979 e. The van der Waals surface area contributed by atoms with E-state index in [9.17, 15) is 0 Å². The van der Waals surface area contributed by atoms with Gasteiger partial charge in [-0.1, -0.05) is 26.2 Å². The fourth-order valence-corrected chi connectivity index (χ4v) is 0.971. The third-order valence-electron chi connectivity index (χ3n) is 1.65. The number of rotatable bonds is 10. The molecule has 0 spiro atoms. The molecule has 0 heterocycles. The number of nitrogens with one attached hydrogen (secondary N) is 1. The van der Waals surface area contributed by atoms with E-state index in [4.69, 9.17) is 5.26 Å². The fraction of sp³-hybridized carbons (Fsp3) is 1.00. The molecule has 0 saturated carbocycles. The molecule has 0 radical (unpaired) electrons. The lowest BCUT2D eigenvalue weighted by Crippen LogP contribution is -2.20. The Hall–Kier alpha value is -0.200. The molecule has 0 unspecified atom stereocenters. The molecule has 0 aliphatic rings. The highest BCUT2D eigenvalue weighted by atomic mass is 17.6. The molecule has 2 N–H and O–H groups in total. The summed E-state index contributed by atoms with van der Waals surface area (Å²) in [5.74, 6) is 0. The molecule has 0 amide bonds. The van der Waals surface area contributed by atoms with Crippen LogP contribution in [0, 0.1) is 0 Å². The monoisotopic (exact) mass is 193 g/mol. The molecular formula is C8H19NO4. The van der Waals surface area contributed by atoms with E-state index in [1.165, 1.54) is 25.7 Å².